The van der Waals surface area contributed by atoms with Crippen molar-refractivity contribution in [2.45, 2.75) is 13.5 Å². The van der Waals surface area contributed by atoms with E-state index in [4.69, 9.17) is 0 Å². The molecule has 0 atom stereocenters. The predicted molar refractivity (Wildman–Crippen MR) is 96.0 cm³/mol. The van der Waals surface area contributed by atoms with Crippen LogP contribution in [0, 0.1) is 6.92 Å². The zero-order valence-electron chi connectivity index (χ0n) is 13.9. The molecule has 24 heavy (non-hydrogen) atoms. The summed E-state index contributed by atoms with van der Waals surface area (Å²) in [6.45, 7) is 7.22. The van der Waals surface area contributed by atoms with Crippen LogP contribution in [-0.4, -0.2) is 46.0 Å². The highest BCUT2D eigenvalue weighted by molar-refractivity contribution is 5.82. The number of anilines is 1. The number of aromatic nitrogens is 3. The quantitative estimate of drug-likeness (QED) is 0.743. The lowest BCUT2D eigenvalue weighted by Crippen LogP contribution is -2.46. The van der Waals surface area contributed by atoms with Crippen LogP contribution in [0.25, 0.3) is 10.9 Å². The van der Waals surface area contributed by atoms with Gasteiger partial charge in [-0.1, -0.05) is 18.2 Å². The summed E-state index contributed by atoms with van der Waals surface area (Å²) in [6.07, 6.45) is 7.19. The van der Waals surface area contributed by atoms with Gasteiger partial charge >= 0.3 is 0 Å². The van der Waals surface area contributed by atoms with Gasteiger partial charge in [0.2, 0.25) is 0 Å². The number of nitrogens with zero attached hydrogens (tertiary/aromatic N) is 5. The van der Waals surface area contributed by atoms with Crippen molar-refractivity contribution < 1.29 is 0 Å². The summed E-state index contributed by atoms with van der Waals surface area (Å²) < 4.78 is 0. The molecular weight excluding hydrogens is 298 g/mol. The predicted octanol–water partition coefficient (Wildman–Crippen LogP) is 2.66. The maximum Gasteiger partial charge on any atom is 0.147 e. The number of hydrogen-bond donors (Lipinski definition) is 0. The molecule has 1 aliphatic rings. The SMILES string of the molecule is Cc1c(CN2CCN(c3cnccn3)CC2)ccc2cccnc12. The maximum atomic E-state index is 4.54. The van der Waals surface area contributed by atoms with E-state index in [2.05, 4.69) is 49.9 Å². The molecule has 0 aliphatic carbocycles. The first kappa shape index (κ1) is 15.0. The van der Waals surface area contributed by atoms with E-state index in [1.807, 2.05) is 18.5 Å². The lowest BCUT2D eigenvalue weighted by Gasteiger charge is -2.35. The largest absolute Gasteiger partial charge is 0.353 e. The van der Waals surface area contributed by atoms with Gasteiger partial charge in [-0.25, -0.2) is 4.98 Å². The van der Waals surface area contributed by atoms with Gasteiger partial charge < -0.3 is 4.90 Å². The second kappa shape index (κ2) is 6.53. The Bertz CT molecular complexity index is 826. The maximum absolute atomic E-state index is 4.54. The van der Waals surface area contributed by atoms with Crippen molar-refractivity contribution in [2.75, 3.05) is 31.1 Å². The molecule has 5 nitrogen and oxygen atoms in total. The first-order chi connectivity index (χ1) is 11.8. The molecule has 0 N–H and O–H groups in total. The van der Waals surface area contributed by atoms with E-state index in [1.165, 1.54) is 16.5 Å². The minimum atomic E-state index is 0.975. The lowest BCUT2D eigenvalue weighted by atomic mass is 10.0. The van der Waals surface area contributed by atoms with Crippen molar-refractivity contribution in [1.29, 1.82) is 0 Å². The second-order valence-corrected chi connectivity index (χ2v) is 6.25. The molecule has 0 spiro atoms. The first-order valence-electron chi connectivity index (χ1n) is 8.38. The van der Waals surface area contributed by atoms with Crippen LogP contribution in [0.3, 0.4) is 0 Å². The van der Waals surface area contributed by atoms with Crippen LogP contribution in [0.1, 0.15) is 11.1 Å². The van der Waals surface area contributed by atoms with Crippen molar-refractivity contribution in [3.8, 4) is 0 Å². The van der Waals surface area contributed by atoms with Crippen molar-refractivity contribution in [3.05, 3.63) is 60.2 Å². The Morgan fingerprint density at radius 1 is 0.958 bits per heavy atom. The van der Waals surface area contributed by atoms with Crippen LogP contribution in [0.5, 0.6) is 0 Å². The van der Waals surface area contributed by atoms with E-state index in [0.29, 0.717) is 0 Å². The average Bonchev–Trinajstić information content (AvgIpc) is 2.66. The molecule has 0 amide bonds. The van der Waals surface area contributed by atoms with Crippen LogP contribution in [0.4, 0.5) is 5.82 Å². The molecule has 1 aromatic carbocycles. The van der Waals surface area contributed by atoms with E-state index in [0.717, 1.165) is 44.1 Å². The first-order valence-corrected chi connectivity index (χ1v) is 8.38. The zero-order chi connectivity index (χ0) is 16.4. The summed E-state index contributed by atoms with van der Waals surface area (Å²) in [7, 11) is 0. The summed E-state index contributed by atoms with van der Waals surface area (Å²) in [6, 6.07) is 8.54. The number of piperazine rings is 1. The normalized spacial score (nSPS) is 15.8. The summed E-state index contributed by atoms with van der Waals surface area (Å²) in [5.41, 5.74) is 3.78. The topological polar surface area (TPSA) is 45.2 Å². The summed E-state index contributed by atoms with van der Waals surface area (Å²) in [5, 5.41) is 1.21. The highest BCUT2D eigenvalue weighted by Crippen LogP contribution is 2.21. The van der Waals surface area contributed by atoms with Gasteiger partial charge in [-0.05, 0) is 24.1 Å². The summed E-state index contributed by atoms with van der Waals surface area (Å²) >= 11 is 0. The van der Waals surface area contributed by atoms with Crippen LogP contribution < -0.4 is 4.90 Å². The van der Waals surface area contributed by atoms with Gasteiger partial charge in [-0.3, -0.25) is 14.9 Å². The van der Waals surface area contributed by atoms with Gasteiger partial charge in [0.25, 0.3) is 0 Å². The molecule has 3 heterocycles. The fourth-order valence-electron chi connectivity index (χ4n) is 3.33. The van der Waals surface area contributed by atoms with E-state index >= 15 is 0 Å². The van der Waals surface area contributed by atoms with Crippen molar-refractivity contribution in [2.24, 2.45) is 0 Å². The fraction of sp³-hybridized carbons (Fsp3) is 0.316. The molecule has 1 fully saturated rings. The Kier molecular flexibility index (Phi) is 4.09. The number of rotatable bonds is 3. The molecule has 122 valence electrons. The highest BCUT2D eigenvalue weighted by Gasteiger charge is 2.19. The van der Waals surface area contributed by atoms with Crippen LogP contribution in [0.2, 0.25) is 0 Å². The summed E-state index contributed by atoms with van der Waals surface area (Å²) in [4.78, 5) is 17.9. The standard InChI is InChI=1S/C19H21N5/c1-15-17(5-4-16-3-2-6-22-19(15)16)14-23-9-11-24(12-10-23)18-13-20-7-8-21-18/h2-8,13H,9-12,14H2,1H3. The third-order valence-electron chi connectivity index (χ3n) is 4.78. The van der Waals surface area contributed by atoms with Crippen LogP contribution >= 0.6 is 0 Å². The molecule has 5 heteroatoms. The van der Waals surface area contributed by atoms with Crippen LogP contribution in [0.15, 0.2) is 49.1 Å². The monoisotopic (exact) mass is 319 g/mol. The van der Waals surface area contributed by atoms with Crippen molar-refractivity contribution >= 4 is 16.7 Å². The van der Waals surface area contributed by atoms with Gasteiger partial charge in [0.05, 0.1) is 11.7 Å². The van der Waals surface area contributed by atoms with Gasteiger partial charge in [-0.15, -0.1) is 0 Å². The smallest absolute Gasteiger partial charge is 0.147 e. The Labute approximate surface area is 142 Å². The molecular formula is C19H21N5. The van der Waals surface area contributed by atoms with Crippen molar-refractivity contribution in [1.82, 2.24) is 19.9 Å². The highest BCUT2D eigenvalue weighted by atomic mass is 15.3. The lowest BCUT2D eigenvalue weighted by molar-refractivity contribution is 0.249. The third kappa shape index (κ3) is 2.95. The molecule has 0 bridgehead atoms. The van der Waals surface area contributed by atoms with Gasteiger partial charge in [-0.2, -0.15) is 0 Å². The molecule has 2 aromatic heterocycles. The zero-order valence-corrected chi connectivity index (χ0v) is 13.9. The minimum absolute atomic E-state index is 0.975. The Balaban J connectivity index is 1.45. The van der Waals surface area contributed by atoms with Crippen molar-refractivity contribution in [3.63, 3.8) is 0 Å². The van der Waals surface area contributed by atoms with Crippen LogP contribution in [-0.2, 0) is 6.54 Å². The Morgan fingerprint density at radius 3 is 2.62 bits per heavy atom. The number of benzene rings is 1. The molecule has 3 aromatic rings. The van der Waals surface area contributed by atoms with E-state index < -0.39 is 0 Å². The molecule has 1 saturated heterocycles. The number of hydrogen-bond acceptors (Lipinski definition) is 5. The number of pyridine rings is 1. The Morgan fingerprint density at radius 2 is 1.83 bits per heavy atom. The van der Waals surface area contributed by atoms with E-state index in [-0.39, 0.29) is 0 Å². The average molecular weight is 319 g/mol. The number of fused-ring (bicyclic) bond motifs is 1. The fourth-order valence-corrected chi connectivity index (χ4v) is 3.33. The molecule has 0 unspecified atom stereocenters. The van der Waals surface area contributed by atoms with E-state index in [9.17, 15) is 0 Å². The minimum Gasteiger partial charge on any atom is -0.353 e. The molecule has 0 saturated carbocycles. The van der Waals surface area contributed by atoms with E-state index in [1.54, 1.807) is 12.4 Å². The van der Waals surface area contributed by atoms with Gasteiger partial charge in [0.15, 0.2) is 0 Å². The van der Waals surface area contributed by atoms with Gasteiger partial charge in [0.1, 0.15) is 5.82 Å². The summed E-state index contributed by atoms with van der Waals surface area (Å²) in [5.74, 6) is 0.975. The number of aryl methyl sites for hydroxylation is 1. The Hall–Kier alpha value is -2.53. The van der Waals surface area contributed by atoms with Gasteiger partial charge in [0, 0.05) is 56.7 Å². The second-order valence-electron chi connectivity index (χ2n) is 6.25. The molecule has 0 radical (unpaired) electrons. The molecule has 1 aliphatic heterocycles. The third-order valence-corrected chi connectivity index (χ3v) is 4.78. The molecule has 4 rings (SSSR count).